The van der Waals surface area contributed by atoms with E-state index in [9.17, 15) is 9.18 Å². The van der Waals surface area contributed by atoms with Crippen LogP contribution in [0.1, 0.15) is 39.5 Å². The number of carbonyl (C=O) groups excluding carboxylic acids is 1. The zero-order valence-electron chi connectivity index (χ0n) is 7.85. The molecular formula is C10H17FO. The molecule has 0 aromatic rings. The summed E-state index contributed by atoms with van der Waals surface area (Å²) in [5, 5.41) is 0. The molecule has 0 aliphatic heterocycles. The highest BCUT2D eigenvalue weighted by atomic mass is 19.1. The van der Waals surface area contributed by atoms with Gasteiger partial charge in [0.2, 0.25) is 0 Å². The molecule has 0 saturated heterocycles. The Hall–Kier alpha value is -0.400. The molecule has 1 nitrogen and oxygen atoms in total. The zero-order chi connectivity index (χ0) is 9.14. The molecule has 2 heteroatoms. The van der Waals surface area contributed by atoms with Gasteiger partial charge in [-0.25, -0.2) is 4.39 Å². The summed E-state index contributed by atoms with van der Waals surface area (Å²) in [5.41, 5.74) is 0. The van der Waals surface area contributed by atoms with E-state index in [-0.39, 0.29) is 18.1 Å². The van der Waals surface area contributed by atoms with Gasteiger partial charge < -0.3 is 0 Å². The fraction of sp³-hybridized carbons (Fsp3) is 0.900. The Balaban J connectivity index is 2.50. The predicted octanol–water partition coefficient (Wildman–Crippen LogP) is 2.74. The van der Waals surface area contributed by atoms with Gasteiger partial charge in [-0.3, -0.25) is 4.79 Å². The third-order valence-electron chi connectivity index (χ3n) is 2.96. The van der Waals surface area contributed by atoms with E-state index < -0.39 is 6.17 Å². The molecule has 0 amide bonds. The summed E-state index contributed by atoms with van der Waals surface area (Å²) in [5.74, 6) is 0.718. The number of ketones is 1. The van der Waals surface area contributed by atoms with Crippen molar-refractivity contribution in [1.29, 1.82) is 0 Å². The molecule has 1 saturated carbocycles. The summed E-state index contributed by atoms with van der Waals surface area (Å²) in [6, 6.07) is 0. The number of carbonyl (C=O) groups is 1. The van der Waals surface area contributed by atoms with E-state index in [0.717, 1.165) is 12.8 Å². The van der Waals surface area contributed by atoms with Crippen LogP contribution in [-0.2, 0) is 4.79 Å². The second kappa shape index (κ2) is 4.01. The van der Waals surface area contributed by atoms with Gasteiger partial charge in [0.1, 0.15) is 12.0 Å². The minimum atomic E-state index is -0.863. The molecule has 0 heterocycles. The van der Waals surface area contributed by atoms with Crippen molar-refractivity contribution in [3.63, 3.8) is 0 Å². The van der Waals surface area contributed by atoms with E-state index in [0.29, 0.717) is 12.3 Å². The first kappa shape index (κ1) is 9.69. The molecule has 0 radical (unpaired) electrons. The first-order valence-corrected chi connectivity index (χ1v) is 4.82. The molecule has 1 aliphatic rings. The quantitative estimate of drug-likeness (QED) is 0.626. The average Bonchev–Trinajstić information content (AvgIpc) is 2.03. The zero-order valence-corrected chi connectivity index (χ0v) is 7.85. The predicted molar refractivity (Wildman–Crippen MR) is 46.7 cm³/mol. The highest BCUT2D eigenvalue weighted by Gasteiger charge is 2.31. The van der Waals surface area contributed by atoms with Gasteiger partial charge >= 0.3 is 0 Å². The van der Waals surface area contributed by atoms with E-state index in [1.54, 1.807) is 0 Å². The van der Waals surface area contributed by atoms with E-state index in [4.69, 9.17) is 0 Å². The van der Waals surface area contributed by atoms with Gasteiger partial charge in [-0.1, -0.05) is 20.3 Å². The van der Waals surface area contributed by atoms with Gasteiger partial charge in [-0.05, 0) is 18.8 Å². The minimum absolute atomic E-state index is 0.141. The lowest BCUT2D eigenvalue weighted by Crippen LogP contribution is -2.29. The van der Waals surface area contributed by atoms with Crippen molar-refractivity contribution in [2.24, 2.45) is 11.8 Å². The second-order valence-corrected chi connectivity index (χ2v) is 3.84. The molecule has 0 aromatic carbocycles. The molecule has 0 aromatic heterocycles. The van der Waals surface area contributed by atoms with Crippen LogP contribution >= 0.6 is 0 Å². The van der Waals surface area contributed by atoms with Crippen molar-refractivity contribution in [2.75, 3.05) is 0 Å². The maximum Gasteiger partial charge on any atom is 0.139 e. The maximum atomic E-state index is 12.8. The summed E-state index contributed by atoms with van der Waals surface area (Å²) in [4.78, 5) is 11.4. The standard InChI is InChI=1S/C10H17FO/c1-3-7(2)9-5-4-8(11)6-10(9)12/h7-9H,3-6H2,1-2H3. The molecule has 1 rings (SSSR count). The lowest BCUT2D eigenvalue weighted by atomic mass is 9.78. The third kappa shape index (κ3) is 2.05. The normalized spacial score (nSPS) is 33.4. The highest BCUT2D eigenvalue weighted by Crippen LogP contribution is 2.30. The fourth-order valence-corrected chi connectivity index (χ4v) is 1.88. The highest BCUT2D eigenvalue weighted by molar-refractivity contribution is 5.82. The molecule has 1 aliphatic carbocycles. The molecule has 3 atom stereocenters. The van der Waals surface area contributed by atoms with Crippen LogP contribution < -0.4 is 0 Å². The van der Waals surface area contributed by atoms with Crippen molar-refractivity contribution in [3.05, 3.63) is 0 Å². The van der Waals surface area contributed by atoms with Crippen LogP contribution in [0.2, 0.25) is 0 Å². The van der Waals surface area contributed by atoms with Crippen LogP contribution in [0.5, 0.6) is 0 Å². The SMILES string of the molecule is CCC(C)C1CCC(F)CC1=O. The topological polar surface area (TPSA) is 17.1 Å². The third-order valence-corrected chi connectivity index (χ3v) is 2.96. The van der Waals surface area contributed by atoms with Crippen LogP contribution in [0.4, 0.5) is 4.39 Å². The van der Waals surface area contributed by atoms with Gasteiger partial charge in [-0.2, -0.15) is 0 Å². The number of hydrogen-bond acceptors (Lipinski definition) is 1. The largest absolute Gasteiger partial charge is 0.299 e. The minimum Gasteiger partial charge on any atom is -0.299 e. The fourth-order valence-electron chi connectivity index (χ4n) is 1.88. The Kier molecular flexibility index (Phi) is 3.24. The van der Waals surface area contributed by atoms with Crippen molar-refractivity contribution < 1.29 is 9.18 Å². The molecule has 0 N–H and O–H groups in total. The Bertz CT molecular complexity index is 167. The Morgan fingerprint density at radius 3 is 2.75 bits per heavy atom. The molecule has 0 bridgehead atoms. The van der Waals surface area contributed by atoms with Gasteiger partial charge in [0.05, 0.1) is 0 Å². The van der Waals surface area contributed by atoms with Crippen LogP contribution in [-0.4, -0.2) is 12.0 Å². The molecule has 70 valence electrons. The Morgan fingerprint density at radius 1 is 1.58 bits per heavy atom. The van der Waals surface area contributed by atoms with Crippen LogP contribution in [0.25, 0.3) is 0 Å². The van der Waals surface area contributed by atoms with Gasteiger partial charge in [0.25, 0.3) is 0 Å². The maximum absolute atomic E-state index is 12.8. The van der Waals surface area contributed by atoms with Gasteiger partial charge in [0, 0.05) is 12.3 Å². The first-order valence-electron chi connectivity index (χ1n) is 4.82. The summed E-state index contributed by atoms with van der Waals surface area (Å²) >= 11 is 0. The number of Topliss-reactive ketones (excluding diaryl/α,β-unsaturated/α-hetero) is 1. The van der Waals surface area contributed by atoms with Gasteiger partial charge in [-0.15, -0.1) is 0 Å². The molecule has 3 unspecified atom stereocenters. The van der Waals surface area contributed by atoms with Crippen LogP contribution in [0.15, 0.2) is 0 Å². The summed E-state index contributed by atoms with van der Waals surface area (Å²) < 4.78 is 12.8. The Morgan fingerprint density at radius 2 is 2.25 bits per heavy atom. The number of hydrogen-bond donors (Lipinski definition) is 0. The number of rotatable bonds is 2. The van der Waals surface area contributed by atoms with E-state index in [1.807, 2.05) is 0 Å². The molecular weight excluding hydrogens is 155 g/mol. The molecule has 12 heavy (non-hydrogen) atoms. The summed E-state index contributed by atoms with van der Waals surface area (Å²) in [6.45, 7) is 4.17. The average molecular weight is 172 g/mol. The number of halogens is 1. The van der Waals surface area contributed by atoms with Crippen LogP contribution in [0, 0.1) is 11.8 Å². The lowest BCUT2D eigenvalue weighted by molar-refractivity contribution is -0.128. The van der Waals surface area contributed by atoms with Crippen molar-refractivity contribution in [3.8, 4) is 0 Å². The van der Waals surface area contributed by atoms with E-state index in [2.05, 4.69) is 13.8 Å². The van der Waals surface area contributed by atoms with Crippen LogP contribution in [0.3, 0.4) is 0 Å². The monoisotopic (exact) mass is 172 g/mol. The molecule has 1 fully saturated rings. The van der Waals surface area contributed by atoms with Crippen molar-refractivity contribution in [1.82, 2.24) is 0 Å². The first-order chi connectivity index (χ1) is 5.65. The van der Waals surface area contributed by atoms with E-state index in [1.165, 1.54) is 0 Å². The molecule has 0 spiro atoms. The second-order valence-electron chi connectivity index (χ2n) is 3.84. The summed E-state index contributed by atoms with van der Waals surface area (Å²) in [7, 11) is 0. The number of alkyl halides is 1. The lowest BCUT2D eigenvalue weighted by Gasteiger charge is -2.27. The van der Waals surface area contributed by atoms with Gasteiger partial charge in [0.15, 0.2) is 0 Å². The summed E-state index contributed by atoms with van der Waals surface area (Å²) in [6.07, 6.45) is 1.66. The van der Waals surface area contributed by atoms with E-state index >= 15 is 0 Å². The van der Waals surface area contributed by atoms with Crippen molar-refractivity contribution >= 4 is 5.78 Å². The smallest absolute Gasteiger partial charge is 0.139 e. The Labute approximate surface area is 73.3 Å². The van der Waals surface area contributed by atoms with Crippen molar-refractivity contribution in [2.45, 2.75) is 45.7 Å².